The van der Waals surface area contributed by atoms with Gasteiger partial charge in [-0.2, -0.15) is 0 Å². The van der Waals surface area contributed by atoms with E-state index in [4.69, 9.17) is 5.73 Å². The number of rotatable bonds is 7. The molecule has 0 aliphatic heterocycles. The normalized spacial score (nSPS) is 32.2. The zero-order valence-electron chi connectivity index (χ0n) is 13.9. The van der Waals surface area contributed by atoms with Crippen LogP contribution in [0, 0.1) is 17.8 Å². The summed E-state index contributed by atoms with van der Waals surface area (Å²) in [4.78, 5) is 2.73. The Morgan fingerprint density at radius 1 is 1.21 bits per heavy atom. The fourth-order valence-electron chi connectivity index (χ4n) is 4.08. The summed E-state index contributed by atoms with van der Waals surface area (Å²) >= 11 is 0. The van der Waals surface area contributed by atoms with Crippen LogP contribution in [-0.4, -0.2) is 30.1 Å². The molecule has 0 heterocycles. The Bertz CT molecular complexity index is 250. The predicted molar refractivity (Wildman–Crippen MR) is 85.3 cm³/mol. The first-order chi connectivity index (χ1) is 9.05. The van der Waals surface area contributed by atoms with Crippen LogP contribution in [0.1, 0.15) is 66.7 Å². The van der Waals surface area contributed by atoms with Crippen LogP contribution in [0.15, 0.2) is 0 Å². The van der Waals surface area contributed by atoms with Crippen LogP contribution in [0.3, 0.4) is 0 Å². The molecule has 0 aromatic heterocycles. The maximum atomic E-state index is 6.28. The molecule has 1 saturated carbocycles. The maximum absolute atomic E-state index is 6.28. The van der Waals surface area contributed by atoms with Gasteiger partial charge in [0.25, 0.3) is 0 Å². The van der Waals surface area contributed by atoms with Crippen molar-refractivity contribution in [2.45, 2.75) is 72.3 Å². The minimum atomic E-state index is 0.259. The van der Waals surface area contributed by atoms with Gasteiger partial charge >= 0.3 is 0 Å². The Morgan fingerprint density at radius 3 is 2.32 bits per heavy atom. The molecule has 2 nitrogen and oxygen atoms in total. The van der Waals surface area contributed by atoms with Crippen molar-refractivity contribution >= 4 is 0 Å². The summed E-state index contributed by atoms with van der Waals surface area (Å²) in [5.74, 6) is 2.36. The number of likely N-dealkylation sites (N-methyl/N-ethyl adjacent to an activating group) is 1. The average Bonchev–Trinajstić information content (AvgIpc) is 2.44. The zero-order valence-corrected chi connectivity index (χ0v) is 13.9. The Hall–Kier alpha value is -0.0800. The van der Waals surface area contributed by atoms with Gasteiger partial charge in [-0.25, -0.2) is 0 Å². The van der Waals surface area contributed by atoms with E-state index in [0.717, 1.165) is 30.8 Å². The fraction of sp³-hybridized carbons (Fsp3) is 1.00. The van der Waals surface area contributed by atoms with Crippen LogP contribution in [0.5, 0.6) is 0 Å². The zero-order chi connectivity index (χ0) is 14.5. The van der Waals surface area contributed by atoms with Gasteiger partial charge in [0, 0.05) is 18.6 Å². The molecule has 3 atom stereocenters. The first kappa shape index (κ1) is 17.0. The molecule has 0 spiro atoms. The molecule has 114 valence electrons. The summed E-state index contributed by atoms with van der Waals surface area (Å²) in [5.41, 5.74) is 6.54. The van der Waals surface area contributed by atoms with Crippen molar-refractivity contribution in [1.82, 2.24) is 4.90 Å². The smallest absolute Gasteiger partial charge is 0.0359 e. The molecule has 0 aromatic carbocycles. The highest BCUT2D eigenvalue weighted by Gasteiger charge is 2.44. The third-order valence-electron chi connectivity index (χ3n) is 5.97. The van der Waals surface area contributed by atoms with E-state index < -0.39 is 0 Å². The molecule has 0 bridgehead atoms. The van der Waals surface area contributed by atoms with Crippen LogP contribution in [0.25, 0.3) is 0 Å². The van der Waals surface area contributed by atoms with Gasteiger partial charge in [-0.3, -0.25) is 4.90 Å². The average molecular weight is 268 g/mol. The van der Waals surface area contributed by atoms with Crippen molar-refractivity contribution in [2.75, 3.05) is 19.6 Å². The van der Waals surface area contributed by atoms with E-state index in [2.05, 4.69) is 39.5 Å². The lowest BCUT2D eigenvalue weighted by Crippen LogP contribution is -2.61. The highest BCUT2D eigenvalue weighted by molar-refractivity contribution is 5.00. The highest BCUT2D eigenvalue weighted by Crippen LogP contribution is 2.41. The monoisotopic (exact) mass is 268 g/mol. The van der Waals surface area contributed by atoms with Crippen molar-refractivity contribution in [3.63, 3.8) is 0 Å². The standard InChI is InChI=1S/C17H36N2/c1-6-16(7-2)12-19(8-3)17(13-18)11-9-10-14(4)15(17)5/h14-16H,6-13,18H2,1-5H3. The molecule has 0 aromatic rings. The summed E-state index contributed by atoms with van der Waals surface area (Å²) < 4.78 is 0. The van der Waals surface area contributed by atoms with Crippen LogP contribution in [0.4, 0.5) is 0 Å². The molecule has 1 fully saturated rings. The molecule has 0 amide bonds. The van der Waals surface area contributed by atoms with E-state index >= 15 is 0 Å². The van der Waals surface area contributed by atoms with Crippen molar-refractivity contribution in [1.29, 1.82) is 0 Å². The minimum Gasteiger partial charge on any atom is -0.329 e. The van der Waals surface area contributed by atoms with Crippen LogP contribution in [-0.2, 0) is 0 Å². The van der Waals surface area contributed by atoms with E-state index in [1.807, 2.05) is 0 Å². The van der Waals surface area contributed by atoms with Crippen molar-refractivity contribution < 1.29 is 0 Å². The Labute approximate surface area is 121 Å². The van der Waals surface area contributed by atoms with E-state index in [-0.39, 0.29) is 5.54 Å². The molecule has 3 unspecified atom stereocenters. The number of hydrogen-bond donors (Lipinski definition) is 1. The third kappa shape index (κ3) is 3.52. The number of hydrogen-bond acceptors (Lipinski definition) is 2. The molecular formula is C17H36N2. The first-order valence-electron chi connectivity index (χ1n) is 8.50. The second-order valence-electron chi connectivity index (χ2n) is 6.69. The second kappa shape index (κ2) is 7.64. The lowest BCUT2D eigenvalue weighted by molar-refractivity contribution is -0.0173. The van der Waals surface area contributed by atoms with E-state index in [0.29, 0.717) is 0 Å². The Morgan fingerprint density at radius 2 is 1.84 bits per heavy atom. The van der Waals surface area contributed by atoms with E-state index in [1.54, 1.807) is 0 Å². The summed E-state index contributed by atoms with van der Waals surface area (Å²) in [5, 5.41) is 0. The van der Waals surface area contributed by atoms with Gasteiger partial charge in [-0.15, -0.1) is 0 Å². The van der Waals surface area contributed by atoms with Gasteiger partial charge in [-0.1, -0.05) is 60.3 Å². The van der Waals surface area contributed by atoms with Gasteiger partial charge in [0.15, 0.2) is 0 Å². The SMILES string of the molecule is CCC(CC)CN(CC)C1(CN)CCCC(C)C1C. The summed E-state index contributed by atoms with van der Waals surface area (Å²) in [6.45, 7) is 15.0. The minimum absolute atomic E-state index is 0.259. The fourth-order valence-corrected chi connectivity index (χ4v) is 4.08. The first-order valence-corrected chi connectivity index (χ1v) is 8.50. The van der Waals surface area contributed by atoms with Gasteiger partial charge < -0.3 is 5.73 Å². The molecule has 1 aliphatic rings. The Balaban J connectivity index is 2.89. The number of nitrogens with two attached hydrogens (primary N) is 1. The molecular weight excluding hydrogens is 232 g/mol. The maximum Gasteiger partial charge on any atom is 0.0359 e. The molecule has 0 saturated heterocycles. The molecule has 2 N–H and O–H groups in total. The highest BCUT2D eigenvalue weighted by atomic mass is 15.2. The van der Waals surface area contributed by atoms with E-state index in [9.17, 15) is 0 Å². The molecule has 19 heavy (non-hydrogen) atoms. The van der Waals surface area contributed by atoms with E-state index in [1.165, 1.54) is 38.6 Å². The largest absolute Gasteiger partial charge is 0.329 e. The summed E-state index contributed by atoms with van der Waals surface area (Å²) in [6, 6.07) is 0. The lowest BCUT2D eigenvalue weighted by atomic mass is 9.67. The van der Waals surface area contributed by atoms with Gasteiger partial charge in [0.1, 0.15) is 0 Å². The van der Waals surface area contributed by atoms with Gasteiger partial charge in [0.05, 0.1) is 0 Å². The summed E-state index contributed by atoms with van der Waals surface area (Å²) in [7, 11) is 0. The van der Waals surface area contributed by atoms with Gasteiger partial charge in [-0.05, 0) is 30.7 Å². The Kier molecular flexibility index (Phi) is 6.82. The van der Waals surface area contributed by atoms with Crippen LogP contribution >= 0.6 is 0 Å². The van der Waals surface area contributed by atoms with Crippen molar-refractivity contribution in [2.24, 2.45) is 23.5 Å². The van der Waals surface area contributed by atoms with Crippen LogP contribution in [0.2, 0.25) is 0 Å². The van der Waals surface area contributed by atoms with Crippen LogP contribution < -0.4 is 5.73 Å². The lowest BCUT2D eigenvalue weighted by Gasteiger charge is -2.53. The molecule has 0 radical (unpaired) electrons. The molecule has 2 heteroatoms. The quantitative estimate of drug-likeness (QED) is 0.759. The summed E-state index contributed by atoms with van der Waals surface area (Å²) in [6.07, 6.45) is 6.60. The second-order valence-corrected chi connectivity index (χ2v) is 6.69. The molecule has 1 aliphatic carbocycles. The van der Waals surface area contributed by atoms with Crippen molar-refractivity contribution in [3.8, 4) is 0 Å². The predicted octanol–water partition coefficient (Wildman–Crippen LogP) is 3.90. The van der Waals surface area contributed by atoms with Crippen molar-refractivity contribution in [3.05, 3.63) is 0 Å². The molecule has 1 rings (SSSR count). The topological polar surface area (TPSA) is 29.3 Å². The third-order valence-corrected chi connectivity index (χ3v) is 5.97. The number of nitrogens with zero attached hydrogens (tertiary/aromatic N) is 1. The van der Waals surface area contributed by atoms with Gasteiger partial charge in [0.2, 0.25) is 0 Å².